The maximum Gasteiger partial charge on any atom is -0.0208 e. The van der Waals surface area contributed by atoms with Crippen molar-refractivity contribution in [1.82, 2.24) is 0 Å². The molecule has 0 aromatic carbocycles. The van der Waals surface area contributed by atoms with Crippen molar-refractivity contribution in [2.24, 2.45) is 11.8 Å². The van der Waals surface area contributed by atoms with Crippen molar-refractivity contribution >= 4 is 8.58 Å². The van der Waals surface area contributed by atoms with E-state index in [0.29, 0.717) is 0 Å². The minimum Gasteiger partial charge on any atom is -0.119 e. The molecule has 0 spiro atoms. The summed E-state index contributed by atoms with van der Waals surface area (Å²) < 4.78 is 0. The van der Waals surface area contributed by atoms with Gasteiger partial charge in [0.2, 0.25) is 0 Å². The van der Waals surface area contributed by atoms with Crippen LogP contribution < -0.4 is 0 Å². The summed E-state index contributed by atoms with van der Waals surface area (Å²) in [7, 11) is 1.27. The summed E-state index contributed by atoms with van der Waals surface area (Å²) in [4.78, 5) is 0. The second-order valence-corrected chi connectivity index (χ2v) is 7.10. The topological polar surface area (TPSA) is 0 Å². The van der Waals surface area contributed by atoms with Gasteiger partial charge in [0.05, 0.1) is 0 Å². The van der Waals surface area contributed by atoms with E-state index in [2.05, 4.69) is 6.92 Å². The molecule has 0 bridgehead atoms. The first-order chi connectivity index (χ1) is 6.90. The summed E-state index contributed by atoms with van der Waals surface area (Å²) in [5.41, 5.74) is 1.14. The highest BCUT2D eigenvalue weighted by molar-refractivity contribution is 7.38. The maximum absolute atomic E-state index is 2.36. The zero-order chi connectivity index (χ0) is 9.80. The summed E-state index contributed by atoms with van der Waals surface area (Å²) in [6.07, 6.45) is 13.9. The van der Waals surface area contributed by atoms with Crippen LogP contribution in [0.3, 0.4) is 0 Å². The summed E-state index contributed by atoms with van der Waals surface area (Å²) >= 11 is 0. The van der Waals surface area contributed by atoms with Crippen LogP contribution in [0.25, 0.3) is 0 Å². The van der Waals surface area contributed by atoms with E-state index in [1.54, 1.807) is 32.1 Å². The Bertz CT molecular complexity index is 161. The highest BCUT2D eigenvalue weighted by atomic mass is 31.1. The summed E-state index contributed by atoms with van der Waals surface area (Å²) in [6, 6.07) is 0. The van der Waals surface area contributed by atoms with Gasteiger partial charge in [0, 0.05) is 0 Å². The van der Waals surface area contributed by atoms with Crippen LogP contribution in [0.15, 0.2) is 0 Å². The molecule has 2 saturated carbocycles. The van der Waals surface area contributed by atoms with Gasteiger partial charge in [0.15, 0.2) is 0 Å². The van der Waals surface area contributed by atoms with E-state index in [-0.39, 0.29) is 0 Å². The molecule has 0 radical (unpaired) electrons. The molecule has 3 unspecified atom stereocenters. The van der Waals surface area contributed by atoms with Crippen molar-refractivity contribution < 1.29 is 0 Å². The third-order valence-corrected chi connectivity index (χ3v) is 5.93. The molecule has 0 aliphatic heterocycles. The third kappa shape index (κ3) is 2.72. The predicted octanol–water partition coefficient (Wildman–Crippen LogP) is 4.43. The standard InChI is InChI=1S/C13H25P/c1-2-14-13-9-5-8-12(13)10-11-6-3-4-7-11/h11-14H,2-10H2,1H3. The molecule has 3 atom stereocenters. The van der Waals surface area contributed by atoms with Crippen LogP contribution >= 0.6 is 8.58 Å². The van der Waals surface area contributed by atoms with Gasteiger partial charge >= 0.3 is 0 Å². The van der Waals surface area contributed by atoms with Gasteiger partial charge in [-0.15, -0.1) is 8.58 Å². The second kappa shape index (κ2) is 5.50. The number of hydrogen-bond donors (Lipinski definition) is 0. The smallest absolute Gasteiger partial charge is 0.0208 e. The predicted molar refractivity (Wildman–Crippen MR) is 66.6 cm³/mol. The zero-order valence-corrected chi connectivity index (χ0v) is 10.6. The van der Waals surface area contributed by atoms with E-state index in [0.717, 1.165) is 17.5 Å². The summed E-state index contributed by atoms with van der Waals surface area (Å²) in [5, 5.41) is 0. The van der Waals surface area contributed by atoms with Crippen molar-refractivity contribution in [3.8, 4) is 0 Å². The fourth-order valence-electron chi connectivity index (χ4n) is 3.52. The Kier molecular flexibility index (Phi) is 4.29. The molecule has 2 rings (SSSR count). The molecule has 82 valence electrons. The molecule has 0 heterocycles. The van der Waals surface area contributed by atoms with E-state index in [1.165, 1.54) is 34.0 Å². The van der Waals surface area contributed by atoms with Gasteiger partial charge in [0.1, 0.15) is 0 Å². The average molecular weight is 212 g/mol. The maximum atomic E-state index is 2.36. The molecule has 0 nitrogen and oxygen atoms in total. The Morgan fingerprint density at radius 2 is 1.79 bits per heavy atom. The van der Waals surface area contributed by atoms with Gasteiger partial charge in [-0.2, -0.15) is 0 Å². The second-order valence-electron chi connectivity index (χ2n) is 5.24. The van der Waals surface area contributed by atoms with Gasteiger partial charge in [-0.25, -0.2) is 0 Å². The molecule has 0 saturated heterocycles. The molecule has 1 heteroatoms. The average Bonchev–Trinajstić information content (AvgIpc) is 2.80. The lowest BCUT2D eigenvalue weighted by Gasteiger charge is -2.22. The monoisotopic (exact) mass is 212 g/mol. The first-order valence-electron chi connectivity index (χ1n) is 6.63. The Labute approximate surface area is 91.0 Å². The highest BCUT2D eigenvalue weighted by Crippen LogP contribution is 2.43. The molecule has 2 fully saturated rings. The van der Waals surface area contributed by atoms with Crippen LogP contribution in [0.2, 0.25) is 0 Å². The largest absolute Gasteiger partial charge is 0.119 e. The molecule has 0 aromatic heterocycles. The normalized spacial score (nSPS) is 34.9. The van der Waals surface area contributed by atoms with E-state index in [4.69, 9.17) is 0 Å². The lowest BCUT2D eigenvalue weighted by molar-refractivity contribution is 0.386. The van der Waals surface area contributed by atoms with Crippen LogP contribution in [0.4, 0.5) is 0 Å². The molecular weight excluding hydrogens is 187 g/mol. The Balaban J connectivity index is 1.77. The molecular formula is C13H25P. The van der Waals surface area contributed by atoms with Gasteiger partial charge in [-0.3, -0.25) is 0 Å². The minimum atomic E-state index is 1.13. The van der Waals surface area contributed by atoms with Crippen LogP contribution in [-0.4, -0.2) is 11.8 Å². The highest BCUT2D eigenvalue weighted by Gasteiger charge is 2.29. The van der Waals surface area contributed by atoms with Crippen LogP contribution in [0.5, 0.6) is 0 Å². The lowest BCUT2D eigenvalue weighted by atomic mass is 9.92. The van der Waals surface area contributed by atoms with Crippen LogP contribution in [0, 0.1) is 11.8 Å². The Morgan fingerprint density at radius 1 is 1.00 bits per heavy atom. The SMILES string of the molecule is CCPC1CCCC1CC1CCCC1. The van der Waals surface area contributed by atoms with Crippen LogP contribution in [0.1, 0.15) is 58.3 Å². The van der Waals surface area contributed by atoms with Gasteiger partial charge in [0.25, 0.3) is 0 Å². The fourth-order valence-corrected chi connectivity index (χ4v) is 5.09. The third-order valence-electron chi connectivity index (χ3n) is 4.24. The molecule has 0 amide bonds. The first kappa shape index (κ1) is 10.9. The number of hydrogen-bond acceptors (Lipinski definition) is 0. The quantitative estimate of drug-likeness (QED) is 0.604. The van der Waals surface area contributed by atoms with E-state index in [1.807, 2.05) is 0 Å². The molecule has 0 aromatic rings. The molecule has 2 aliphatic carbocycles. The van der Waals surface area contributed by atoms with Crippen molar-refractivity contribution in [2.75, 3.05) is 6.16 Å². The molecule has 14 heavy (non-hydrogen) atoms. The van der Waals surface area contributed by atoms with Crippen molar-refractivity contribution in [3.05, 3.63) is 0 Å². The first-order valence-corrected chi connectivity index (χ1v) is 7.92. The summed E-state index contributed by atoms with van der Waals surface area (Å²) in [6.45, 7) is 2.36. The van der Waals surface area contributed by atoms with Gasteiger partial charge < -0.3 is 0 Å². The Hall–Kier alpha value is 0.430. The van der Waals surface area contributed by atoms with E-state index >= 15 is 0 Å². The molecule has 2 aliphatic rings. The van der Waals surface area contributed by atoms with Crippen molar-refractivity contribution in [2.45, 2.75) is 63.9 Å². The fraction of sp³-hybridized carbons (Fsp3) is 1.00. The Morgan fingerprint density at radius 3 is 2.50 bits per heavy atom. The summed E-state index contributed by atoms with van der Waals surface area (Å²) in [5.74, 6) is 2.26. The van der Waals surface area contributed by atoms with Crippen molar-refractivity contribution in [3.63, 3.8) is 0 Å². The minimum absolute atomic E-state index is 1.13. The number of rotatable bonds is 4. The van der Waals surface area contributed by atoms with Crippen molar-refractivity contribution in [1.29, 1.82) is 0 Å². The molecule has 0 N–H and O–H groups in total. The van der Waals surface area contributed by atoms with E-state index in [9.17, 15) is 0 Å². The van der Waals surface area contributed by atoms with Crippen LogP contribution in [-0.2, 0) is 0 Å². The van der Waals surface area contributed by atoms with Gasteiger partial charge in [-0.1, -0.05) is 39.0 Å². The van der Waals surface area contributed by atoms with Gasteiger partial charge in [-0.05, 0) is 42.9 Å². The van der Waals surface area contributed by atoms with E-state index < -0.39 is 0 Å². The zero-order valence-electron chi connectivity index (χ0n) is 9.60. The lowest BCUT2D eigenvalue weighted by Crippen LogP contribution is -2.12.